The van der Waals surface area contributed by atoms with Gasteiger partial charge in [-0.05, 0) is 19.3 Å². The fourth-order valence-electron chi connectivity index (χ4n) is 2.48. The number of nitrogens with zero attached hydrogens (tertiary/aromatic N) is 1. The van der Waals surface area contributed by atoms with Crippen molar-refractivity contribution in [3.05, 3.63) is 0 Å². The molecule has 4 nitrogen and oxygen atoms in total. The van der Waals surface area contributed by atoms with Gasteiger partial charge in [-0.15, -0.1) is 0 Å². The number of hydrogen-bond donors (Lipinski definition) is 2. The van der Waals surface area contributed by atoms with Gasteiger partial charge in [0, 0.05) is 12.1 Å². The lowest BCUT2D eigenvalue weighted by Crippen LogP contribution is -2.56. The zero-order chi connectivity index (χ0) is 9.59. The van der Waals surface area contributed by atoms with Gasteiger partial charge in [0.15, 0.2) is 0 Å². The van der Waals surface area contributed by atoms with E-state index < -0.39 is 24.3 Å². The van der Waals surface area contributed by atoms with Crippen molar-refractivity contribution in [2.24, 2.45) is 5.73 Å². The summed E-state index contributed by atoms with van der Waals surface area (Å²) in [6.45, 7) is 0. The van der Waals surface area contributed by atoms with Crippen LogP contribution < -0.4 is 5.73 Å². The number of nitrogens with two attached hydrogens (primary N) is 1. The normalized spacial score (nSPS) is 43.7. The zero-order valence-corrected chi connectivity index (χ0v) is 7.19. The van der Waals surface area contributed by atoms with Crippen LogP contribution in [0.2, 0.25) is 0 Å². The van der Waals surface area contributed by atoms with Crippen LogP contribution in [0.25, 0.3) is 0 Å². The first-order valence-electron chi connectivity index (χ1n) is 4.52. The first-order valence-corrected chi connectivity index (χ1v) is 4.52. The number of carbonyl (C=O) groups is 1. The molecule has 0 aromatic heterocycles. The number of fused-ring (bicyclic) bond motifs is 2. The highest BCUT2D eigenvalue weighted by Gasteiger charge is 2.48. The number of rotatable bonds is 0. The van der Waals surface area contributed by atoms with E-state index in [0.717, 1.165) is 6.42 Å². The third-order valence-corrected chi connectivity index (χ3v) is 3.09. The predicted octanol–water partition coefficient (Wildman–Crippen LogP) is 0.567. The number of hydrogen-bond acceptors (Lipinski definition) is 2. The highest BCUT2D eigenvalue weighted by Crippen LogP contribution is 2.36. The molecule has 4 atom stereocenters. The van der Waals surface area contributed by atoms with Crippen molar-refractivity contribution in [3.8, 4) is 0 Å². The van der Waals surface area contributed by atoms with E-state index in [9.17, 15) is 9.18 Å². The number of alkyl halides is 1. The Labute approximate surface area is 75.5 Å². The molecule has 2 bridgehead atoms. The summed E-state index contributed by atoms with van der Waals surface area (Å²) in [5.41, 5.74) is 5.57. The minimum Gasteiger partial charge on any atom is -0.465 e. The van der Waals surface area contributed by atoms with Gasteiger partial charge < -0.3 is 10.8 Å². The molecule has 2 heterocycles. The molecule has 5 heteroatoms. The number of carboxylic acid groups (broad SMARTS) is 1. The second kappa shape index (κ2) is 2.83. The van der Waals surface area contributed by atoms with Gasteiger partial charge in [0.2, 0.25) is 0 Å². The van der Waals surface area contributed by atoms with E-state index in [1.54, 1.807) is 0 Å². The maximum atomic E-state index is 13.4. The maximum Gasteiger partial charge on any atom is 0.407 e. The number of piperidine rings is 1. The van der Waals surface area contributed by atoms with Crippen molar-refractivity contribution in [3.63, 3.8) is 0 Å². The Kier molecular flexibility index (Phi) is 1.91. The lowest BCUT2D eigenvalue weighted by atomic mass is 9.97. The Morgan fingerprint density at radius 3 is 2.85 bits per heavy atom. The summed E-state index contributed by atoms with van der Waals surface area (Å²) < 4.78 is 13.4. The quantitative estimate of drug-likeness (QED) is 0.584. The third-order valence-electron chi connectivity index (χ3n) is 3.09. The molecule has 0 unspecified atom stereocenters. The van der Waals surface area contributed by atoms with E-state index in [0.29, 0.717) is 12.8 Å². The SMILES string of the molecule is N[C@H]1C[C@H]2CC[C@@H]([C@@H]1F)N2C(=O)O. The zero-order valence-electron chi connectivity index (χ0n) is 7.19. The van der Waals surface area contributed by atoms with Gasteiger partial charge in [-0.25, -0.2) is 9.18 Å². The van der Waals surface area contributed by atoms with Crippen LogP contribution in [0.15, 0.2) is 0 Å². The van der Waals surface area contributed by atoms with E-state index >= 15 is 0 Å². The van der Waals surface area contributed by atoms with E-state index in [2.05, 4.69) is 0 Å². The minimum absolute atomic E-state index is 0.0514. The highest BCUT2D eigenvalue weighted by molar-refractivity contribution is 5.66. The Hall–Kier alpha value is -0.840. The Balaban J connectivity index is 2.21. The minimum atomic E-state index is -1.19. The molecule has 0 spiro atoms. The van der Waals surface area contributed by atoms with Crippen LogP contribution in [0.1, 0.15) is 19.3 Å². The van der Waals surface area contributed by atoms with Gasteiger partial charge in [0.05, 0.1) is 6.04 Å². The van der Waals surface area contributed by atoms with E-state index in [1.165, 1.54) is 4.90 Å². The molecule has 0 aliphatic carbocycles. The molecule has 13 heavy (non-hydrogen) atoms. The molecule has 3 N–H and O–H groups in total. The molecule has 0 aromatic rings. The molecule has 0 aromatic carbocycles. The molecule has 2 rings (SSSR count). The van der Waals surface area contributed by atoms with Crippen LogP contribution in [-0.4, -0.2) is 40.4 Å². The molecule has 0 saturated carbocycles. The highest BCUT2D eigenvalue weighted by atomic mass is 19.1. The average Bonchev–Trinajstić information content (AvgIpc) is 2.40. The van der Waals surface area contributed by atoms with Crippen molar-refractivity contribution in [2.45, 2.75) is 43.6 Å². The summed E-state index contributed by atoms with van der Waals surface area (Å²) in [4.78, 5) is 12.0. The van der Waals surface area contributed by atoms with Crippen LogP contribution in [0, 0.1) is 0 Å². The predicted molar refractivity (Wildman–Crippen MR) is 44.2 cm³/mol. The van der Waals surface area contributed by atoms with Gasteiger partial charge >= 0.3 is 6.09 Å². The van der Waals surface area contributed by atoms with Gasteiger partial charge in [0.25, 0.3) is 0 Å². The lowest BCUT2D eigenvalue weighted by molar-refractivity contribution is 0.0503. The van der Waals surface area contributed by atoms with Crippen LogP contribution in [0.4, 0.5) is 9.18 Å². The van der Waals surface area contributed by atoms with Gasteiger partial charge in [0.1, 0.15) is 6.17 Å². The Morgan fingerprint density at radius 2 is 2.23 bits per heavy atom. The molecule has 2 aliphatic rings. The van der Waals surface area contributed by atoms with Gasteiger partial charge in [-0.3, -0.25) is 4.90 Å². The maximum absolute atomic E-state index is 13.4. The monoisotopic (exact) mass is 188 g/mol. The van der Waals surface area contributed by atoms with E-state index in [4.69, 9.17) is 10.8 Å². The number of amides is 1. The van der Waals surface area contributed by atoms with Crippen molar-refractivity contribution in [1.82, 2.24) is 4.90 Å². The van der Waals surface area contributed by atoms with Crippen LogP contribution in [-0.2, 0) is 0 Å². The van der Waals surface area contributed by atoms with Crippen molar-refractivity contribution < 1.29 is 14.3 Å². The fraction of sp³-hybridized carbons (Fsp3) is 0.875. The fourth-order valence-corrected chi connectivity index (χ4v) is 2.48. The molecule has 2 saturated heterocycles. The Bertz CT molecular complexity index is 236. The number of halogens is 1. The van der Waals surface area contributed by atoms with Crippen molar-refractivity contribution in [2.75, 3.05) is 0 Å². The van der Waals surface area contributed by atoms with Crippen LogP contribution in [0.3, 0.4) is 0 Å². The van der Waals surface area contributed by atoms with Crippen LogP contribution in [0.5, 0.6) is 0 Å². The van der Waals surface area contributed by atoms with E-state index in [1.807, 2.05) is 0 Å². The summed E-state index contributed by atoms with van der Waals surface area (Å²) in [6.07, 6.45) is -0.363. The molecule has 2 aliphatic heterocycles. The Morgan fingerprint density at radius 1 is 1.54 bits per heavy atom. The summed E-state index contributed by atoms with van der Waals surface area (Å²) in [6, 6.07) is -1.02. The molecular formula is C8H13FN2O2. The average molecular weight is 188 g/mol. The second-order valence-corrected chi connectivity index (χ2v) is 3.83. The van der Waals surface area contributed by atoms with Gasteiger partial charge in [-0.2, -0.15) is 0 Å². The topological polar surface area (TPSA) is 66.6 Å². The standard InChI is InChI=1S/C8H13FN2O2/c9-7-5(10)3-4-1-2-6(7)11(4)8(12)13/h4-7H,1-3,10H2,(H,12,13)/t4-,5+,6+,7-/m1/s1. The largest absolute Gasteiger partial charge is 0.465 e. The van der Waals surface area contributed by atoms with Crippen LogP contribution >= 0.6 is 0 Å². The van der Waals surface area contributed by atoms with Crippen molar-refractivity contribution >= 4 is 6.09 Å². The summed E-state index contributed by atoms with van der Waals surface area (Å²) >= 11 is 0. The molecule has 2 fully saturated rings. The van der Waals surface area contributed by atoms with E-state index in [-0.39, 0.29) is 6.04 Å². The summed E-state index contributed by atoms with van der Waals surface area (Å²) in [7, 11) is 0. The lowest BCUT2D eigenvalue weighted by Gasteiger charge is -2.38. The molecular weight excluding hydrogens is 175 g/mol. The van der Waals surface area contributed by atoms with Crippen molar-refractivity contribution in [1.29, 1.82) is 0 Å². The van der Waals surface area contributed by atoms with Gasteiger partial charge in [-0.1, -0.05) is 0 Å². The molecule has 74 valence electrons. The smallest absolute Gasteiger partial charge is 0.407 e. The molecule has 0 radical (unpaired) electrons. The second-order valence-electron chi connectivity index (χ2n) is 3.83. The molecule has 1 amide bonds. The third kappa shape index (κ3) is 1.18. The summed E-state index contributed by atoms with van der Waals surface area (Å²) in [5, 5.41) is 8.84. The first-order chi connectivity index (χ1) is 6.11. The summed E-state index contributed by atoms with van der Waals surface area (Å²) in [5.74, 6) is 0. The first kappa shape index (κ1) is 8.74.